The fraction of sp³-hybridized carbons (Fsp3) is 0.636. The van der Waals surface area contributed by atoms with Crippen molar-refractivity contribution in [2.45, 2.75) is 71.6 Å². The van der Waals surface area contributed by atoms with Crippen molar-refractivity contribution in [2.75, 3.05) is 13.7 Å². The standard InChI is InChI=1S/C22H34N2O5/c1-6-28-22(26)24-20(14(2)3)21(25)23-15(4)16-11-12-18(19(13-16)27-5)29-17-9-7-8-10-17/h11-15,17,20H,6-10H2,1-5H3,(H,23,25)(H,24,26). The summed E-state index contributed by atoms with van der Waals surface area (Å²) in [5.74, 6) is 1.04. The quantitative estimate of drug-likeness (QED) is 0.648. The van der Waals surface area contributed by atoms with Gasteiger partial charge < -0.3 is 24.8 Å². The van der Waals surface area contributed by atoms with Crippen LogP contribution in [0.5, 0.6) is 11.5 Å². The maximum Gasteiger partial charge on any atom is 0.407 e. The minimum absolute atomic E-state index is 0.0803. The van der Waals surface area contributed by atoms with E-state index in [-0.39, 0.29) is 30.6 Å². The Kier molecular flexibility index (Phi) is 8.61. The Labute approximate surface area is 173 Å². The van der Waals surface area contributed by atoms with Crippen LogP contribution in [0, 0.1) is 5.92 Å². The molecule has 1 aromatic rings. The minimum atomic E-state index is -0.677. The summed E-state index contributed by atoms with van der Waals surface area (Å²) in [7, 11) is 1.61. The number of hydrogen-bond acceptors (Lipinski definition) is 5. The molecule has 2 atom stereocenters. The summed E-state index contributed by atoms with van der Waals surface area (Å²) in [5, 5.41) is 5.59. The molecule has 2 rings (SSSR count). The van der Waals surface area contributed by atoms with Gasteiger partial charge in [-0.1, -0.05) is 19.9 Å². The first-order chi connectivity index (χ1) is 13.8. The van der Waals surface area contributed by atoms with E-state index in [0.29, 0.717) is 5.75 Å². The minimum Gasteiger partial charge on any atom is -0.493 e. The Hall–Kier alpha value is -2.44. The first kappa shape index (κ1) is 22.8. The highest BCUT2D eigenvalue weighted by Gasteiger charge is 2.26. The van der Waals surface area contributed by atoms with Crippen molar-refractivity contribution in [1.82, 2.24) is 10.6 Å². The molecule has 1 saturated carbocycles. The molecule has 162 valence electrons. The number of ether oxygens (including phenoxy) is 3. The number of carbonyl (C=O) groups excluding carboxylic acids is 2. The normalized spacial score (nSPS) is 16.2. The Bertz CT molecular complexity index is 686. The Morgan fingerprint density at radius 3 is 2.38 bits per heavy atom. The topological polar surface area (TPSA) is 85.9 Å². The Morgan fingerprint density at radius 1 is 1.10 bits per heavy atom. The molecule has 29 heavy (non-hydrogen) atoms. The van der Waals surface area contributed by atoms with Crippen LogP contribution in [0.25, 0.3) is 0 Å². The number of rotatable bonds is 9. The Morgan fingerprint density at radius 2 is 1.79 bits per heavy atom. The number of carbonyl (C=O) groups is 2. The molecule has 7 heteroatoms. The van der Waals surface area contributed by atoms with Crippen molar-refractivity contribution in [3.05, 3.63) is 23.8 Å². The van der Waals surface area contributed by atoms with Gasteiger partial charge in [0, 0.05) is 0 Å². The summed E-state index contributed by atoms with van der Waals surface area (Å²) in [6.45, 7) is 7.62. The van der Waals surface area contributed by atoms with Crippen molar-refractivity contribution in [2.24, 2.45) is 5.92 Å². The first-order valence-electron chi connectivity index (χ1n) is 10.4. The third-order valence-corrected chi connectivity index (χ3v) is 5.14. The molecule has 0 aliphatic heterocycles. The summed E-state index contributed by atoms with van der Waals surface area (Å²) in [6, 6.07) is 4.77. The van der Waals surface area contributed by atoms with Crippen LogP contribution in [-0.2, 0) is 9.53 Å². The third kappa shape index (κ3) is 6.54. The molecule has 2 amide bonds. The number of alkyl carbamates (subject to hydrolysis) is 1. The van der Waals surface area contributed by atoms with Crippen molar-refractivity contribution in [1.29, 1.82) is 0 Å². The highest BCUT2D eigenvalue weighted by molar-refractivity contribution is 5.86. The fourth-order valence-electron chi connectivity index (χ4n) is 3.46. The van der Waals surface area contributed by atoms with Gasteiger partial charge in [0.15, 0.2) is 11.5 Å². The van der Waals surface area contributed by atoms with Crippen molar-refractivity contribution in [3.8, 4) is 11.5 Å². The second-order valence-electron chi connectivity index (χ2n) is 7.75. The van der Waals surface area contributed by atoms with E-state index in [1.165, 1.54) is 12.8 Å². The van der Waals surface area contributed by atoms with E-state index in [4.69, 9.17) is 14.2 Å². The van der Waals surface area contributed by atoms with Gasteiger partial charge >= 0.3 is 6.09 Å². The predicted molar refractivity (Wildman–Crippen MR) is 111 cm³/mol. The largest absolute Gasteiger partial charge is 0.493 e. The molecule has 0 aromatic heterocycles. The van der Waals surface area contributed by atoms with Crippen LogP contribution < -0.4 is 20.1 Å². The zero-order valence-corrected chi connectivity index (χ0v) is 18.1. The maximum atomic E-state index is 12.7. The monoisotopic (exact) mass is 406 g/mol. The molecule has 2 N–H and O–H groups in total. The molecule has 0 spiro atoms. The summed E-state index contributed by atoms with van der Waals surface area (Å²) < 4.78 is 16.5. The average Bonchev–Trinajstić information content (AvgIpc) is 3.19. The Balaban J connectivity index is 2.04. The summed E-state index contributed by atoms with van der Waals surface area (Å²) in [6.07, 6.45) is 4.19. The number of nitrogens with one attached hydrogen (secondary N) is 2. The first-order valence-corrected chi connectivity index (χ1v) is 10.4. The van der Waals surface area contributed by atoms with Gasteiger partial charge in [0.25, 0.3) is 0 Å². The van der Waals surface area contributed by atoms with Gasteiger partial charge in [-0.25, -0.2) is 4.79 Å². The van der Waals surface area contributed by atoms with E-state index in [1.807, 2.05) is 39.0 Å². The summed E-state index contributed by atoms with van der Waals surface area (Å²) in [4.78, 5) is 24.5. The van der Waals surface area contributed by atoms with E-state index in [1.54, 1.807) is 14.0 Å². The van der Waals surface area contributed by atoms with Gasteiger partial charge in [-0.15, -0.1) is 0 Å². The summed E-state index contributed by atoms with van der Waals surface area (Å²) >= 11 is 0. The van der Waals surface area contributed by atoms with Crippen LogP contribution in [0.2, 0.25) is 0 Å². The second kappa shape index (κ2) is 10.9. The van der Waals surface area contributed by atoms with Crippen molar-refractivity contribution < 1.29 is 23.8 Å². The molecule has 0 heterocycles. The third-order valence-electron chi connectivity index (χ3n) is 5.14. The lowest BCUT2D eigenvalue weighted by Gasteiger charge is -2.24. The van der Waals surface area contributed by atoms with Crippen LogP contribution in [0.3, 0.4) is 0 Å². The molecular weight excluding hydrogens is 372 g/mol. The highest BCUT2D eigenvalue weighted by atomic mass is 16.5. The van der Waals surface area contributed by atoms with Crippen LogP contribution >= 0.6 is 0 Å². The average molecular weight is 407 g/mol. The fourth-order valence-corrected chi connectivity index (χ4v) is 3.46. The van der Waals surface area contributed by atoms with Crippen LogP contribution in [0.4, 0.5) is 4.79 Å². The van der Waals surface area contributed by atoms with E-state index in [2.05, 4.69) is 10.6 Å². The summed E-state index contributed by atoms with van der Waals surface area (Å²) in [5.41, 5.74) is 0.896. The smallest absolute Gasteiger partial charge is 0.407 e. The zero-order valence-electron chi connectivity index (χ0n) is 18.1. The van der Waals surface area contributed by atoms with Gasteiger partial charge in [-0.2, -0.15) is 0 Å². The molecule has 1 aromatic carbocycles. The number of benzene rings is 1. The molecular formula is C22H34N2O5. The SMILES string of the molecule is CCOC(=O)NC(C(=O)NC(C)c1ccc(OC2CCCC2)c(OC)c1)C(C)C. The maximum absolute atomic E-state index is 12.7. The molecule has 2 unspecified atom stereocenters. The second-order valence-corrected chi connectivity index (χ2v) is 7.75. The lowest BCUT2D eigenvalue weighted by atomic mass is 10.0. The molecule has 0 bridgehead atoms. The van der Waals surface area contributed by atoms with Crippen molar-refractivity contribution >= 4 is 12.0 Å². The molecule has 1 aliphatic carbocycles. The van der Waals surface area contributed by atoms with E-state index in [9.17, 15) is 9.59 Å². The highest BCUT2D eigenvalue weighted by Crippen LogP contribution is 2.33. The molecule has 1 fully saturated rings. The van der Waals surface area contributed by atoms with E-state index < -0.39 is 12.1 Å². The molecule has 7 nitrogen and oxygen atoms in total. The molecule has 0 radical (unpaired) electrons. The molecule has 0 saturated heterocycles. The van der Waals surface area contributed by atoms with Crippen LogP contribution in [0.1, 0.15) is 65.0 Å². The lowest BCUT2D eigenvalue weighted by molar-refractivity contribution is -0.124. The van der Waals surface area contributed by atoms with Crippen LogP contribution in [0.15, 0.2) is 18.2 Å². The number of methoxy groups -OCH3 is 1. The number of amides is 2. The molecule has 1 aliphatic rings. The number of hydrogen-bond donors (Lipinski definition) is 2. The zero-order chi connectivity index (χ0) is 21.4. The van der Waals surface area contributed by atoms with Gasteiger partial charge in [-0.3, -0.25) is 4.79 Å². The van der Waals surface area contributed by atoms with Crippen LogP contribution in [-0.4, -0.2) is 37.9 Å². The van der Waals surface area contributed by atoms with Gasteiger partial charge in [0.1, 0.15) is 6.04 Å². The van der Waals surface area contributed by atoms with Gasteiger partial charge in [0.2, 0.25) is 5.91 Å². The predicted octanol–water partition coefficient (Wildman–Crippen LogP) is 3.96. The van der Waals surface area contributed by atoms with E-state index in [0.717, 1.165) is 24.2 Å². The van der Waals surface area contributed by atoms with E-state index >= 15 is 0 Å². The van der Waals surface area contributed by atoms with Gasteiger partial charge in [-0.05, 0) is 63.1 Å². The lowest BCUT2D eigenvalue weighted by Crippen LogP contribution is -2.50. The van der Waals surface area contributed by atoms with Gasteiger partial charge in [0.05, 0.1) is 25.9 Å². The van der Waals surface area contributed by atoms with Crippen molar-refractivity contribution in [3.63, 3.8) is 0 Å².